The Bertz CT molecular complexity index is 316. The second kappa shape index (κ2) is 5.16. The number of carboxylic acid groups (broad SMARTS) is 2. The van der Waals surface area contributed by atoms with Gasteiger partial charge in [-0.3, -0.25) is 14.5 Å². The summed E-state index contributed by atoms with van der Waals surface area (Å²) in [5.41, 5.74) is 0.748. The van der Waals surface area contributed by atoms with Gasteiger partial charge in [0.05, 0.1) is 25.6 Å². The number of hydrogen-bond acceptors (Lipinski definition) is 4. The molecule has 0 saturated carbocycles. The van der Waals surface area contributed by atoms with Crippen LogP contribution < -0.4 is 0 Å². The van der Waals surface area contributed by atoms with E-state index in [1.54, 1.807) is 6.07 Å². The zero-order chi connectivity index (χ0) is 11.3. The molecule has 0 aliphatic heterocycles. The van der Waals surface area contributed by atoms with E-state index in [1.165, 1.54) is 17.4 Å². The van der Waals surface area contributed by atoms with Crippen LogP contribution >= 0.6 is 0 Å². The molecule has 0 unspecified atom stereocenters. The van der Waals surface area contributed by atoms with E-state index >= 15 is 0 Å². The van der Waals surface area contributed by atoms with Crippen molar-refractivity contribution in [3.63, 3.8) is 0 Å². The molecule has 1 aromatic rings. The van der Waals surface area contributed by atoms with E-state index in [4.69, 9.17) is 14.6 Å². The van der Waals surface area contributed by atoms with E-state index in [9.17, 15) is 9.59 Å². The third-order valence-electron chi connectivity index (χ3n) is 1.70. The molecule has 0 aromatic carbocycles. The molecule has 0 atom stereocenters. The van der Waals surface area contributed by atoms with Crippen LogP contribution in [0, 0.1) is 0 Å². The van der Waals surface area contributed by atoms with Gasteiger partial charge in [-0.1, -0.05) is 0 Å². The molecule has 1 aromatic heterocycles. The molecule has 0 spiro atoms. The Balaban J connectivity index is 2.55. The van der Waals surface area contributed by atoms with Crippen molar-refractivity contribution in [2.45, 2.75) is 6.54 Å². The van der Waals surface area contributed by atoms with Crippen LogP contribution in [-0.4, -0.2) is 40.1 Å². The molecule has 1 rings (SSSR count). The van der Waals surface area contributed by atoms with Crippen molar-refractivity contribution in [2.24, 2.45) is 0 Å². The number of aliphatic carboxylic acids is 2. The first-order valence-electron chi connectivity index (χ1n) is 4.25. The van der Waals surface area contributed by atoms with Gasteiger partial charge >= 0.3 is 11.9 Å². The van der Waals surface area contributed by atoms with Crippen molar-refractivity contribution < 1.29 is 24.2 Å². The monoisotopic (exact) mass is 213 g/mol. The maximum Gasteiger partial charge on any atom is 0.317 e. The minimum absolute atomic E-state index is 0.245. The molecule has 0 radical (unpaired) electrons. The normalized spacial score (nSPS) is 10.5. The number of nitrogens with zero attached hydrogens (tertiary/aromatic N) is 1. The van der Waals surface area contributed by atoms with Crippen LogP contribution in [0.25, 0.3) is 0 Å². The highest BCUT2D eigenvalue weighted by molar-refractivity contribution is 5.72. The Morgan fingerprint density at radius 3 is 2.27 bits per heavy atom. The van der Waals surface area contributed by atoms with E-state index in [0.717, 1.165) is 5.56 Å². The second-order valence-corrected chi connectivity index (χ2v) is 3.06. The van der Waals surface area contributed by atoms with Gasteiger partial charge in [0.15, 0.2) is 0 Å². The van der Waals surface area contributed by atoms with Crippen molar-refractivity contribution in [3.05, 3.63) is 24.2 Å². The maximum atomic E-state index is 10.5. The molecule has 6 nitrogen and oxygen atoms in total. The molecule has 0 aliphatic rings. The van der Waals surface area contributed by atoms with Crippen molar-refractivity contribution in [2.75, 3.05) is 13.1 Å². The van der Waals surface area contributed by atoms with Gasteiger partial charge in [-0.25, -0.2) is 0 Å². The number of carbonyl (C=O) groups is 2. The van der Waals surface area contributed by atoms with Gasteiger partial charge in [0, 0.05) is 12.1 Å². The summed E-state index contributed by atoms with van der Waals surface area (Å²) in [6.07, 6.45) is 2.91. The molecule has 0 fully saturated rings. The smallest absolute Gasteiger partial charge is 0.317 e. The summed E-state index contributed by atoms with van der Waals surface area (Å²) in [6, 6.07) is 1.66. The average molecular weight is 213 g/mol. The SMILES string of the molecule is O=C(O)CN(CC(=O)O)Cc1ccoc1. The quantitative estimate of drug-likeness (QED) is 0.703. The lowest BCUT2D eigenvalue weighted by Crippen LogP contribution is -2.33. The summed E-state index contributed by atoms with van der Waals surface area (Å²) in [4.78, 5) is 22.2. The Morgan fingerprint density at radius 1 is 1.27 bits per heavy atom. The largest absolute Gasteiger partial charge is 0.480 e. The van der Waals surface area contributed by atoms with Crippen LogP contribution in [0.3, 0.4) is 0 Å². The first-order valence-corrected chi connectivity index (χ1v) is 4.25. The molecule has 0 aliphatic carbocycles. The predicted octanol–water partition coefficient (Wildman–Crippen LogP) is 0.251. The first-order chi connectivity index (χ1) is 7.08. The van der Waals surface area contributed by atoms with E-state index in [1.807, 2.05) is 0 Å². The fourth-order valence-corrected chi connectivity index (χ4v) is 1.19. The number of hydrogen-bond donors (Lipinski definition) is 2. The van der Waals surface area contributed by atoms with Gasteiger partial charge in [-0.2, -0.15) is 0 Å². The average Bonchev–Trinajstić information content (AvgIpc) is 2.53. The molecule has 0 amide bonds. The Labute approximate surface area is 85.7 Å². The summed E-state index contributed by atoms with van der Waals surface area (Å²) >= 11 is 0. The van der Waals surface area contributed by atoms with E-state index < -0.39 is 11.9 Å². The third kappa shape index (κ3) is 4.28. The van der Waals surface area contributed by atoms with Gasteiger partial charge in [-0.05, 0) is 6.07 Å². The highest BCUT2D eigenvalue weighted by Crippen LogP contribution is 2.04. The summed E-state index contributed by atoms with van der Waals surface area (Å²) in [5, 5.41) is 17.1. The van der Waals surface area contributed by atoms with Gasteiger partial charge < -0.3 is 14.6 Å². The van der Waals surface area contributed by atoms with Crippen molar-refractivity contribution in [1.29, 1.82) is 0 Å². The number of carboxylic acids is 2. The zero-order valence-electron chi connectivity index (χ0n) is 7.92. The summed E-state index contributed by atoms with van der Waals surface area (Å²) in [6.45, 7) is -0.371. The number of rotatable bonds is 6. The van der Waals surface area contributed by atoms with E-state index in [-0.39, 0.29) is 19.6 Å². The second-order valence-electron chi connectivity index (χ2n) is 3.06. The Kier molecular flexibility index (Phi) is 3.87. The summed E-state index contributed by atoms with van der Waals surface area (Å²) in [7, 11) is 0. The van der Waals surface area contributed by atoms with Crippen LogP contribution in [0.15, 0.2) is 23.0 Å². The molecular weight excluding hydrogens is 202 g/mol. The van der Waals surface area contributed by atoms with Crippen LogP contribution in [0.4, 0.5) is 0 Å². The molecule has 0 saturated heterocycles. The lowest BCUT2D eigenvalue weighted by molar-refractivity contribution is -0.142. The van der Waals surface area contributed by atoms with Crippen LogP contribution in [0.5, 0.6) is 0 Å². The molecular formula is C9H11NO5. The maximum absolute atomic E-state index is 10.5. The van der Waals surface area contributed by atoms with Crippen molar-refractivity contribution in [1.82, 2.24) is 4.90 Å². The van der Waals surface area contributed by atoms with Crippen molar-refractivity contribution in [3.8, 4) is 0 Å². The van der Waals surface area contributed by atoms with Crippen LogP contribution in [-0.2, 0) is 16.1 Å². The molecule has 15 heavy (non-hydrogen) atoms. The highest BCUT2D eigenvalue weighted by atomic mass is 16.4. The van der Waals surface area contributed by atoms with Crippen LogP contribution in [0.1, 0.15) is 5.56 Å². The lowest BCUT2D eigenvalue weighted by atomic mass is 10.3. The Hall–Kier alpha value is -1.82. The van der Waals surface area contributed by atoms with Gasteiger partial charge in [-0.15, -0.1) is 0 Å². The topological polar surface area (TPSA) is 91.0 Å². The summed E-state index contributed by atoms with van der Waals surface area (Å²) < 4.78 is 4.80. The summed E-state index contributed by atoms with van der Waals surface area (Å²) in [5.74, 6) is -2.11. The van der Waals surface area contributed by atoms with E-state index in [2.05, 4.69) is 0 Å². The Morgan fingerprint density at radius 2 is 1.87 bits per heavy atom. The fourth-order valence-electron chi connectivity index (χ4n) is 1.19. The van der Waals surface area contributed by atoms with Gasteiger partial charge in [0.1, 0.15) is 0 Å². The molecule has 82 valence electrons. The molecule has 6 heteroatoms. The van der Waals surface area contributed by atoms with Gasteiger partial charge in [0.2, 0.25) is 0 Å². The highest BCUT2D eigenvalue weighted by Gasteiger charge is 2.14. The van der Waals surface area contributed by atoms with Crippen molar-refractivity contribution >= 4 is 11.9 Å². The lowest BCUT2D eigenvalue weighted by Gasteiger charge is -2.16. The van der Waals surface area contributed by atoms with Gasteiger partial charge in [0.25, 0.3) is 0 Å². The zero-order valence-corrected chi connectivity index (χ0v) is 7.92. The first kappa shape index (κ1) is 11.3. The third-order valence-corrected chi connectivity index (χ3v) is 1.70. The van der Waals surface area contributed by atoms with Crippen LogP contribution in [0.2, 0.25) is 0 Å². The molecule has 0 bridgehead atoms. The number of furan rings is 1. The molecule has 2 N–H and O–H groups in total. The minimum Gasteiger partial charge on any atom is -0.480 e. The molecule has 1 heterocycles. The fraction of sp³-hybridized carbons (Fsp3) is 0.333. The minimum atomic E-state index is -1.06. The predicted molar refractivity (Wildman–Crippen MR) is 49.3 cm³/mol. The standard InChI is InChI=1S/C9H11NO5/c11-8(12)4-10(5-9(13)14)3-7-1-2-15-6-7/h1-2,6H,3-5H2,(H,11,12)(H,13,14). The van der Waals surface area contributed by atoms with E-state index in [0.29, 0.717) is 0 Å².